The van der Waals surface area contributed by atoms with Gasteiger partial charge in [-0.2, -0.15) is 13.2 Å². The van der Waals surface area contributed by atoms with Gasteiger partial charge in [-0.05, 0) is 54.7 Å². The van der Waals surface area contributed by atoms with Gasteiger partial charge < -0.3 is 15.1 Å². The first-order valence-electron chi connectivity index (χ1n) is 13.7. The number of hydrogen-bond donors (Lipinski definition) is 1. The summed E-state index contributed by atoms with van der Waals surface area (Å²) < 4.78 is 61.2. The molecule has 0 spiro atoms. The number of methoxy groups -OCH3 is 1. The molecular weight excluding hydrogens is 565 g/mol. The Kier molecular flexibility index (Phi) is 8.44. The molecular formula is C32H32F4N3O2P. The van der Waals surface area contributed by atoms with E-state index in [1.807, 2.05) is 30.1 Å². The maximum absolute atomic E-state index is 14.3. The SMILES string of the molecule is C=C1C(C(=O)Nc2ccc(C(F)(F)F)cc2-c2cccc(CC)c2OC)=CC2CCCN2N1Cc1cccc(F)c1P. The zero-order valence-electron chi connectivity index (χ0n) is 23.4. The monoisotopic (exact) mass is 597 g/mol. The second kappa shape index (κ2) is 11.9. The number of anilines is 1. The van der Waals surface area contributed by atoms with E-state index >= 15 is 0 Å². The highest BCUT2D eigenvalue weighted by molar-refractivity contribution is 7.27. The number of fused-ring (bicyclic) bond motifs is 1. The molecule has 1 N–H and O–H groups in total. The standard InChI is InChI=1S/C32H32F4N3O2P/c1-4-20-8-5-11-24(29(20)41-3)26-16-22(32(34,35)36)13-14-28(26)37-31(40)25-17-23-10-7-15-38(23)39(19(25)2)18-21-9-6-12-27(33)30(21)42/h5-6,8-9,11-14,16-17,23H,2,4,7,10,15,18,42H2,1,3H3,(H,37,40). The second-order valence-electron chi connectivity index (χ2n) is 10.3. The van der Waals surface area contributed by atoms with E-state index in [9.17, 15) is 22.4 Å². The average molecular weight is 598 g/mol. The van der Waals surface area contributed by atoms with Crippen LogP contribution in [0, 0.1) is 5.82 Å². The van der Waals surface area contributed by atoms with Crippen molar-refractivity contribution < 1.29 is 27.1 Å². The molecule has 2 aliphatic heterocycles. The number of para-hydroxylation sites is 1. The van der Waals surface area contributed by atoms with Gasteiger partial charge in [0.15, 0.2) is 0 Å². The molecule has 220 valence electrons. The van der Waals surface area contributed by atoms with Crippen LogP contribution in [0.4, 0.5) is 23.2 Å². The number of alkyl halides is 3. The Morgan fingerprint density at radius 2 is 1.86 bits per heavy atom. The third-order valence-electron chi connectivity index (χ3n) is 7.84. The van der Waals surface area contributed by atoms with Crippen LogP contribution in [0.2, 0.25) is 0 Å². The van der Waals surface area contributed by atoms with Crippen molar-refractivity contribution >= 4 is 26.1 Å². The summed E-state index contributed by atoms with van der Waals surface area (Å²) in [5.74, 6) is -0.385. The molecule has 2 aliphatic rings. The van der Waals surface area contributed by atoms with Crippen molar-refractivity contribution in [3.63, 3.8) is 0 Å². The summed E-state index contributed by atoms with van der Waals surface area (Å²) in [6, 6.07) is 13.3. The molecule has 5 rings (SSSR count). The first-order chi connectivity index (χ1) is 20.0. The average Bonchev–Trinajstić information content (AvgIpc) is 3.44. The Balaban J connectivity index is 1.52. The molecule has 0 saturated carbocycles. The minimum atomic E-state index is -4.58. The van der Waals surface area contributed by atoms with Crippen molar-refractivity contribution in [1.29, 1.82) is 0 Å². The van der Waals surface area contributed by atoms with Crippen LogP contribution in [-0.2, 0) is 23.9 Å². The lowest BCUT2D eigenvalue weighted by Gasteiger charge is -2.42. The Morgan fingerprint density at radius 1 is 1.12 bits per heavy atom. The van der Waals surface area contributed by atoms with Gasteiger partial charge in [-0.3, -0.25) is 4.79 Å². The molecule has 3 aromatic rings. The maximum atomic E-state index is 14.3. The summed E-state index contributed by atoms with van der Waals surface area (Å²) in [7, 11) is 3.91. The highest BCUT2D eigenvalue weighted by atomic mass is 31.0. The van der Waals surface area contributed by atoms with E-state index in [1.54, 1.807) is 18.2 Å². The number of rotatable bonds is 7. The van der Waals surface area contributed by atoms with Crippen LogP contribution in [0.5, 0.6) is 5.75 Å². The van der Waals surface area contributed by atoms with E-state index in [0.717, 1.165) is 42.6 Å². The van der Waals surface area contributed by atoms with Crippen LogP contribution < -0.4 is 15.4 Å². The first kappa shape index (κ1) is 29.8. The van der Waals surface area contributed by atoms with Gasteiger partial charge in [-0.15, -0.1) is 9.24 Å². The molecule has 0 aliphatic carbocycles. The largest absolute Gasteiger partial charge is 0.496 e. The number of amides is 1. The fraction of sp³-hybridized carbons (Fsp3) is 0.281. The van der Waals surface area contributed by atoms with Gasteiger partial charge in [-0.1, -0.05) is 49.9 Å². The lowest BCUT2D eigenvalue weighted by atomic mass is 9.96. The van der Waals surface area contributed by atoms with Gasteiger partial charge in [0.2, 0.25) is 0 Å². The van der Waals surface area contributed by atoms with Gasteiger partial charge in [0.05, 0.1) is 30.5 Å². The van der Waals surface area contributed by atoms with Crippen molar-refractivity contribution in [3.05, 3.63) is 101 Å². The summed E-state index contributed by atoms with van der Waals surface area (Å²) in [5, 5.41) is 7.33. The number of carbonyl (C=O) groups excluding carboxylic acids is 1. The molecule has 1 amide bonds. The second-order valence-corrected chi connectivity index (χ2v) is 10.9. The number of carbonyl (C=O) groups is 1. The molecule has 2 atom stereocenters. The van der Waals surface area contributed by atoms with Crippen LogP contribution in [0.3, 0.4) is 0 Å². The lowest BCUT2D eigenvalue weighted by molar-refractivity contribution is -0.137. The summed E-state index contributed by atoms with van der Waals surface area (Å²) in [5.41, 5.74) is 2.33. The molecule has 2 heterocycles. The number of aryl methyl sites for hydroxylation is 1. The number of halogens is 4. The van der Waals surface area contributed by atoms with Crippen molar-refractivity contribution in [2.75, 3.05) is 19.0 Å². The highest BCUT2D eigenvalue weighted by Crippen LogP contribution is 2.42. The zero-order valence-corrected chi connectivity index (χ0v) is 24.5. The molecule has 5 nitrogen and oxygen atoms in total. The van der Waals surface area contributed by atoms with Gasteiger partial charge in [0, 0.05) is 34.7 Å². The Labute approximate surface area is 245 Å². The fourth-order valence-electron chi connectivity index (χ4n) is 5.66. The van der Waals surface area contributed by atoms with Crippen LogP contribution in [-0.4, -0.2) is 35.6 Å². The molecule has 0 bridgehead atoms. The van der Waals surface area contributed by atoms with Gasteiger partial charge in [0.25, 0.3) is 5.91 Å². The zero-order chi connectivity index (χ0) is 30.2. The Hall–Kier alpha value is -3.68. The molecule has 1 fully saturated rings. The summed E-state index contributed by atoms with van der Waals surface area (Å²) in [6.07, 6.45) is -0.373. The van der Waals surface area contributed by atoms with E-state index in [0.29, 0.717) is 40.9 Å². The molecule has 0 aromatic heterocycles. The summed E-state index contributed by atoms with van der Waals surface area (Å²) >= 11 is 0. The number of hydrogen-bond acceptors (Lipinski definition) is 4. The first-order valence-corrected chi connectivity index (χ1v) is 14.3. The van der Waals surface area contributed by atoms with Crippen LogP contribution in [0.15, 0.2) is 78.5 Å². The number of hydrazine groups is 1. The molecule has 2 unspecified atom stereocenters. The lowest BCUT2D eigenvalue weighted by Crippen LogP contribution is -2.48. The number of benzene rings is 3. The van der Waals surface area contributed by atoms with E-state index < -0.39 is 17.6 Å². The van der Waals surface area contributed by atoms with Crippen LogP contribution in [0.25, 0.3) is 11.1 Å². The molecule has 10 heteroatoms. The van der Waals surface area contributed by atoms with Gasteiger partial charge in [0.1, 0.15) is 11.6 Å². The van der Waals surface area contributed by atoms with Crippen LogP contribution >= 0.6 is 9.24 Å². The van der Waals surface area contributed by atoms with Gasteiger partial charge in [-0.25, -0.2) is 9.40 Å². The van der Waals surface area contributed by atoms with E-state index in [1.165, 1.54) is 19.2 Å². The van der Waals surface area contributed by atoms with E-state index in [2.05, 4.69) is 26.1 Å². The predicted octanol–water partition coefficient (Wildman–Crippen LogP) is 6.86. The van der Waals surface area contributed by atoms with Crippen molar-refractivity contribution in [2.24, 2.45) is 0 Å². The van der Waals surface area contributed by atoms with E-state index in [4.69, 9.17) is 4.74 Å². The minimum absolute atomic E-state index is 0.0637. The summed E-state index contributed by atoms with van der Waals surface area (Å²) in [6.45, 7) is 7.21. The molecule has 0 radical (unpaired) electrons. The fourth-order valence-corrected chi connectivity index (χ4v) is 5.95. The number of nitrogens with zero attached hydrogens (tertiary/aromatic N) is 2. The molecule has 3 aromatic carbocycles. The van der Waals surface area contributed by atoms with Crippen LogP contribution in [0.1, 0.15) is 36.5 Å². The Morgan fingerprint density at radius 3 is 2.57 bits per heavy atom. The number of nitrogens with one attached hydrogen (secondary N) is 1. The topological polar surface area (TPSA) is 44.8 Å². The van der Waals surface area contributed by atoms with Crippen molar-refractivity contribution in [2.45, 2.75) is 44.9 Å². The maximum Gasteiger partial charge on any atom is 0.416 e. The number of ether oxygens (including phenoxy) is 1. The van der Waals surface area contributed by atoms with Gasteiger partial charge >= 0.3 is 6.18 Å². The molecule has 42 heavy (non-hydrogen) atoms. The van der Waals surface area contributed by atoms with Crippen molar-refractivity contribution in [3.8, 4) is 16.9 Å². The Bertz CT molecular complexity index is 1570. The quantitative estimate of drug-likeness (QED) is 0.239. The minimum Gasteiger partial charge on any atom is -0.496 e. The third-order valence-corrected chi connectivity index (χ3v) is 8.48. The highest BCUT2D eigenvalue weighted by Gasteiger charge is 2.37. The normalized spacial score (nSPS) is 17.2. The summed E-state index contributed by atoms with van der Waals surface area (Å²) in [4.78, 5) is 13.8. The van der Waals surface area contributed by atoms with Crippen molar-refractivity contribution in [1.82, 2.24) is 10.0 Å². The third kappa shape index (κ3) is 5.68. The predicted molar refractivity (Wildman–Crippen MR) is 160 cm³/mol. The molecule has 1 saturated heterocycles. The smallest absolute Gasteiger partial charge is 0.416 e. The van der Waals surface area contributed by atoms with E-state index in [-0.39, 0.29) is 23.1 Å².